The Labute approximate surface area is 170 Å². The van der Waals surface area contributed by atoms with E-state index in [1.807, 2.05) is 0 Å². The molecule has 0 aliphatic heterocycles. The number of hydrogen-bond acceptors (Lipinski definition) is 4. The minimum absolute atomic E-state index is 0. The van der Waals surface area contributed by atoms with Crippen molar-refractivity contribution in [3.8, 4) is 0 Å². The maximum atomic E-state index is 10.4. The Bertz CT molecular complexity index is 289. The van der Waals surface area contributed by atoms with Gasteiger partial charge in [-0.15, -0.1) is 11.1 Å². The molecule has 4 nitrogen and oxygen atoms in total. The molecule has 0 rings (SSSR count). The fourth-order valence-electron chi connectivity index (χ4n) is 0.304. The summed E-state index contributed by atoms with van der Waals surface area (Å²) in [4.78, 5) is 20.5. The van der Waals surface area contributed by atoms with Crippen LogP contribution in [0.15, 0.2) is 11.1 Å². The molecule has 0 bridgehead atoms. The summed E-state index contributed by atoms with van der Waals surface area (Å²) in [5.41, 5.74) is 0.785. The molecule has 0 aliphatic rings. The fraction of sp³-hybridized carbons (Fsp3) is 0.455. The van der Waals surface area contributed by atoms with Crippen LogP contribution < -0.4 is 0 Å². The van der Waals surface area contributed by atoms with Gasteiger partial charge in [-0.3, -0.25) is 0 Å². The third-order valence-electron chi connectivity index (χ3n) is 1.48. The van der Waals surface area contributed by atoms with Crippen LogP contribution in [0.4, 0.5) is 0 Å². The first-order valence-corrected chi connectivity index (χ1v) is 4.24. The summed E-state index contributed by atoms with van der Waals surface area (Å²) in [6.45, 7) is 6.01. The zero-order valence-corrected chi connectivity index (χ0v) is 17.7. The van der Waals surface area contributed by atoms with Gasteiger partial charge in [-0.05, 0) is 0 Å². The van der Waals surface area contributed by atoms with Crippen molar-refractivity contribution < 1.29 is 102 Å². The Morgan fingerprint density at radius 3 is 1.33 bits per heavy atom. The van der Waals surface area contributed by atoms with Gasteiger partial charge in [0, 0.05) is 94.1 Å². The molecular weight excluding hydrogens is 437 g/mol. The molecule has 0 aromatic rings. The predicted octanol–water partition coefficient (Wildman–Crippen LogP) is 1.76. The predicted molar refractivity (Wildman–Crippen MR) is 55.9 cm³/mol. The van der Waals surface area contributed by atoms with Gasteiger partial charge in [0.05, 0.1) is 7.11 Å². The molecule has 0 spiro atoms. The van der Waals surface area contributed by atoms with Crippen LogP contribution in [0.3, 0.4) is 0 Å². The number of rotatable bonds is 3. The Hall–Kier alpha value is 1.15. The second kappa shape index (κ2) is 20.5. The van der Waals surface area contributed by atoms with Crippen LogP contribution in [-0.2, 0) is 96.8 Å². The van der Waals surface area contributed by atoms with Gasteiger partial charge < -0.3 is 19.4 Å². The maximum Gasteiger partial charge on any atom is 0.0511 e. The molecule has 0 amide bonds. The second-order valence-electron chi connectivity index (χ2n) is 2.78. The Morgan fingerprint density at radius 1 is 0.944 bits per heavy atom. The monoisotopic (exact) mass is 453 g/mol. The zero-order valence-electron chi connectivity index (χ0n) is 11.1. The molecule has 0 atom stereocenters. The molecule has 0 saturated carbocycles. The summed E-state index contributed by atoms with van der Waals surface area (Å²) in [7, 11) is 1.46. The van der Waals surface area contributed by atoms with Crippen LogP contribution in [-0.4, -0.2) is 23.8 Å². The Morgan fingerprint density at radius 2 is 1.28 bits per heavy atom. The maximum absolute atomic E-state index is 10.4. The first kappa shape index (κ1) is 31.5. The quantitative estimate of drug-likeness (QED) is 0.306. The SMILES string of the molecule is CC(=O)C(C)=[C-]O.CO[C-]=C(C)C(C)=O.[Cu].[Y].[Y]. The van der Waals surface area contributed by atoms with E-state index in [2.05, 4.69) is 11.0 Å². The average Bonchev–Trinajstić information content (AvgIpc) is 2.17. The Kier molecular flexibility index (Phi) is 35.8. The molecule has 0 fully saturated rings. The molecule has 0 unspecified atom stereocenters. The van der Waals surface area contributed by atoms with Crippen molar-refractivity contribution in [1.29, 1.82) is 0 Å². The van der Waals surface area contributed by atoms with E-state index in [1.54, 1.807) is 13.2 Å². The van der Waals surface area contributed by atoms with Gasteiger partial charge >= 0.3 is 0 Å². The van der Waals surface area contributed by atoms with E-state index in [9.17, 15) is 9.59 Å². The molecule has 0 aliphatic carbocycles. The van der Waals surface area contributed by atoms with E-state index in [0.717, 1.165) is 0 Å². The largest absolute Gasteiger partial charge is 0.607 e. The number of carbonyl (C=O) groups is 2. The van der Waals surface area contributed by atoms with Crippen molar-refractivity contribution in [3.05, 3.63) is 23.7 Å². The number of ether oxygens (including phenoxy) is 1. The molecule has 0 heterocycles. The van der Waals surface area contributed by atoms with Crippen LogP contribution in [0.5, 0.6) is 0 Å². The molecule has 18 heavy (non-hydrogen) atoms. The van der Waals surface area contributed by atoms with Gasteiger partial charge in [0.15, 0.2) is 0 Å². The molecule has 0 aromatic carbocycles. The molecule has 1 N–H and O–H groups in total. The number of Topliss-reactive ketones (excluding diaryl/α,β-unsaturated/α-hetero) is 2. The molecule has 7 heteroatoms. The van der Waals surface area contributed by atoms with Crippen LogP contribution in [0, 0.1) is 12.5 Å². The normalized spacial score (nSPS) is 9.39. The summed E-state index contributed by atoms with van der Waals surface area (Å²) in [6.07, 6.45) is 4.14. The van der Waals surface area contributed by atoms with Gasteiger partial charge in [0.25, 0.3) is 0 Å². The minimum Gasteiger partial charge on any atom is -0.607 e. The van der Waals surface area contributed by atoms with Crippen molar-refractivity contribution >= 4 is 11.6 Å². The third-order valence-corrected chi connectivity index (χ3v) is 1.48. The van der Waals surface area contributed by atoms with Crippen molar-refractivity contribution in [2.75, 3.05) is 7.11 Å². The summed E-state index contributed by atoms with van der Waals surface area (Å²) >= 11 is 0. The van der Waals surface area contributed by atoms with Crippen LogP contribution in [0.1, 0.15) is 27.7 Å². The number of ketones is 2. The number of methoxy groups -OCH3 is 1. The number of aliphatic hydroxyl groups excluding tert-OH is 1. The summed E-state index contributed by atoms with van der Waals surface area (Å²) in [5, 5.41) is 8.00. The standard InChI is InChI=1S/C6H9O2.C5H7O2.Cu.2Y/c1-5(4-8-3)6(2)7;1-4(3-6)5(2)7;;;/h1-3H3;6H,1-2H3;;;/q2*-1;;;. The molecule has 3 radical (unpaired) electrons. The fourth-order valence-corrected chi connectivity index (χ4v) is 0.304. The van der Waals surface area contributed by atoms with E-state index in [-0.39, 0.29) is 99.6 Å². The zero-order chi connectivity index (χ0) is 12.4. The van der Waals surface area contributed by atoms with Crippen LogP contribution in [0.25, 0.3) is 0 Å². The van der Waals surface area contributed by atoms with Gasteiger partial charge in [0.1, 0.15) is 0 Å². The van der Waals surface area contributed by atoms with Crippen LogP contribution in [0.2, 0.25) is 0 Å². The van der Waals surface area contributed by atoms with Crippen molar-refractivity contribution in [2.45, 2.75) is 27.7 Å². The smallest absolute Gasteiger partial charge is 0.0511 e. The molecule has 103 valence electrons. The van der Waals surface area contributed by atoms with Crippen molar-refractivity contribution in [1.82, 2.24) is 0 Å². The van der Waals surface area contributed by atoms with E-state index in [4.69, 9.17) is 5.11 Å². The van der Waals surface area contributed by atoms with Gasteiger partial charge in [-0.25, -0.2) is 0 Å². The minimum atomic E-state index is -0.150. The molecule has 0 saturated heterocycles. The van der Waals surface area contributed by atoms with Gasteiger partial charge in [-0.1, -0.05) is 40.2 Å². The second-order valence-corrected chi connectivity index (χ2v) is 2.78. The average molecular weight is 454 g/mol. The summed E-state index contributed by atoms with van der Waals surface area (Å²) < 4.78 is 4.46. The number of hydrogen-bond donors (Lipinski definition) is 1. The Balaban J connectivity index is -0.0000000540. The van der Waals surface area contributed by atoms with E-state index in [0.29, 0.717) is 5.57 Å². The number of carbonyl (C=O) groups excluding carboxylic acids is 2. The van der Waals surface area contributed by atoms with E-state index >= 15 is 0 Å². The number of aliphatic hydroxyl groups is 1. The molecule has 0 aromatic heterocycles. The first-order valence-electron chi connectivity index (χ1n) is 4.24. The van der Waals surface area contributed by atoms with Crippen molar-refractivity contribution in [2.24, 2.45) is 0 Å². The van der Waals surface area contributed by atoms with Gasteiger partial charge in [0.2, 0.25) is 0 Å². The number of allylic oxidation sites excluding steroid dienone is 2. The van der Waals surface area contributed by atoms with Crippen LogP contribution >= 0.6 is 0 Å². The van der Waals surface area contributed by atoms with Crippen molar-refractivity contribution in [3.63, 3.8) is 0 Å². The third kappa shape index (κ3) is 22.3. The molecular formula is C11H16CuO4Y2-2. The van der Waals surface area contributed by atoms with E-state index < -0.39 is 0 Å². The topological polar surface area (TPSA) is 63.6 Å². The summed E-state index contributed by atoms with van der Waals surface area (Å²) in [6, 6.07) is 0. The van der Waals surface area contributed by atoms with Gasteiger partial charge in [-0.2, -0.15) is 0 Å². The van der Waals surface area contributed by atoms with E-state index in [1.165, 1.54) is 27.9 Å². The summed E-state index contributed by atoms with van der Waals surface area (Å²) in [5.74, 6) is -0.158. The first-order chi connectivity index (χ1) is 6.86.